The van der Waals surface area contributed by atoms with Crippen molar-refractivity contribution in [3.05, 3.63) is 17.2 Å². The van der Waals surface area contributed by atoms with E-state index in [-0.39, 0.29) is 5.28 Å². The molecule has 0 saturated heterocycles. The molecule has 2 aromatic heterocycles. The molecule has 0 unspecified atom stereocenters. The first-order valence-electron chi connectivity index (χ1n) is 5.43. The van der Waals surface area contributed by atoms with Crippen LogP contribution in [-0.2, 0) is 0 Å². The maximum absolute atomic E-state index is 5.83. The second-order valence-electron chi connectivity index (χ2n) is 3.49. The molecule has 96 valence electrons. The van der Waals surface area contributed by atoms with Crippen molar-refractivity contribution in [1.82, 2.24) is 19.9 Å². The van der Waals surface area contributed by atoms with Gasteiger partial charge in [0.05, 0.1) is 5.69 Å². The molecule has 0 atom stereocenters. The first-order chi connectivity index (χ1) is 8.67. The Balaban J connectivity index is 2.14. The summed E-state index contributed by atoms with van der Waals surface area (Å²) in [5, 5.41) is 4.14. The number of rotatable bonds is 5. The van der Waals surface area contributed by atoms with E-state index in [0.717, 1.165) is 18.7 Å². The van der Waals surface area contributed by atoms with Gasteiger partial charge in [-0.2, -0.15) is 15.0 Å². The van der Waals surface area contributed by atoms with E-state index in [9.17, 15) is 0 Å². The van der Waals surface area contributed by atoms with E-state index in [0.29, 0.717) is 16.3 Å². The van der Waals surface area contributed by atoms with E-state index in [1.165, 1.54) is 11.8 Å². The van der Waals surface area contributed by atoms with E-state index in [4.69, 9.17) is 16.0 Å². The molecular formula is C10H12ClN5OS. The molecule has 2 rings (SSSR count). The highest BCUT2D eigenvalue weighted by molar-refractivity contribution is 7.98. The summed E-state index contributed by atoms with van der Waals surface area (Å²) in [5.41, 5.74) is 0.807. The van der Waals surface area contributed by atoms with Gasteiger partial charge in [-0.15, -0.1) is 0 Å². The van der Waals surface area contributed by atoms with Crippen molar-refractivity contribution in [2.75, 3.05) is 11.9 Å². The minimum atomic E-state index is 0.148. The van der Waals surface area contributed by atoms with Gasteiger partial charge in [0.2, 0.25) is 16.4 Å². The van der Waals surface area contributed by atoms with Crippen LogP contribution in [0.1, 0.15) is 19.0 Å². The lowest BCUT2D eigenvalue weighted by atomic mass is 10.5. The molecule has 8 heteroatoms. The lowest BCUT2D eigenvalue weighted by Gasteiger charge is -2.03. The second-order valence-corrected chi connectivity index (χ2v) is 4.75. The van der Waals surface area contributed by atoms with Crippen molar-refractivity contribution in [3.8, 4) is 0 Å². The van der Waals surface area contributed by atoms with Gasteiger partial charge >= 0.3 is 0 Å². The Kier molecular flexibility index (Phi) is 4.38. The summed E-state index contributed by atoms with van der Waals surface area (Å²) in [6.45, 7) is 4.69. The molecule has 2 heterocycles. The Morgan fingerprint density at radius 2 is 2.17 bits per heavy atom. The number of nitrogens with one attached hydrogen (secondary N) is 1. The molecule has 0 saturated carbocycles. The molecule has 0 radical (unpaired) electrons. The lowest BCUT2D eigenvalue weighted by Crippen LogP contribution is -2.06. The second kappa shape index (κ2) is 6.01. The Hall–Kier alpha value is -1.34. The first kappa shape index (κ1) is 13.1. The quantitative estimate of drug-likeness (QED) is 0.905. The van der Waals surface area contributed by atoms with Crippen LogP contribution in [0.4, 0.5) is 5.95 Å². The molecular weight excluding hydrogens is 274 g/mol. The SMILES string of the molecule is CCCNc1nc(Cl)nc(Sc2nc(C)co2)n1. The normalized spacial score (nSPS) is 10.6. The standard InChI is InChI=1S/C10H12ClN5OS/c1-3-4-12-8-14-7(11)15-9(16-8)18-10-13-6(2)5-17-10/h5H,3-4H2,1-2H3,(H,12,14,15,16). The lowest BCUT2D eigenvalue weighted by molar-refractivity contribution is 0.453. The third-order valence-corrected chi connectivity index (χ3v) is 2.79. The zero-order chi connectivity index (χ0) is 13.0. The highest BCUT2D eigenvalue weighted by atomic mass is 35.5. The number of nitrogens with zero attached hydrogens (tertiary/aromatic N) is 4. The van der Waals surface area contributed by atoms with E-state index >= 15 is 0 Å². The minimum Gasteiger partial charge on any atom is -0.439 e. The van der Waals surface area contributed by atoms with E-state index < -0.39 is 0 Å². The van der Waals surface area contributed by atoms with Crippen LogP contribution < -0.4 is 5.32 Å². The summed E-state index contributed by atoms with van der Waals surface area (Å²) < 4.78 is 5.22. The van der Waals surface area contributed by atoms with Gasteiger partial charge in [-0.1, -0.05) is 6.92 Å². The van der Waals surface area contributed by atoms with E-state index in [1.807, 2.05) is 6.92 Å². The third-order valence-electron chi connectivity index (χ3n) is 1.90. The van der Waals surface area contributed by atoms with Crippen molar-refractivity contribution < 1.29 is 4.42 Å². The molecule has 1 N–H and O–H groups in total. The molecule has 0 fully saturated rings. The Bertz CT molecular complexity index is 533. The minimum absolute atomic E-state index is 0.148. The smallest absolute Gasteiger partial charge is 0.263 e. The van der Waals surface area contributed by atoms with Crippen molar-refractivity contribution in [2.45, 2.75) is 30.6 Å². The number of hydrogen-bond donors (Lipinski definition) is 1. The van der Waals surface area contributed by atoms with Gasteiger partial charge in [-0.3, -0.25) is 0 Å². The van der Waals surface area contributed by atoms with Crippen LogP contribution in [0.5, 0.6) is 0 Å². The van der Waals surface area contributed by atoms with E-state index in [1.54, 1.807) is 6.26 Å². The number of hydrogen-bond acceptors (Lipinski definition) is 7. The summed E-state index contributed by atoms with van der Waals surface area (Å²) in [5.74, 6) is 0.461. The zero-order valence-corrected chi connectivity index (χ0v) is 11.5. The fourth-order valence-corrected chi connectivity index (χ4v) is 2.07. The van der Waals surface area contributed by atoms with Gasteiger partial charge in [0.15, 0.2) is 0 Å². The fraction of sp³-hybridized carbons (Fsp3) is 0.400. The maximum atomic E-state index is 5.83. The summed E-state index contributed by atoms with van der Waals surface area (Å²) in [4.78, 5) is 16.4. The zero-order valence-electron chi connectivity index (χ0n) is 9.97. The van der Waals surface area contributed by atoms with Crippen molar-refractivity contribution >= 4 is 29.3 Å². The van der Waals surface area contributed by atoms with Crippen LogP contribution in [0.25, 0.3) is 0 Å². The number of aryl methyl sites for hydroxylation is 1. The molecule has 0 aliphatic rings. The Morgan fingerprint density at radius 1 is 1.33 bits per heavy atom. The average molecular weight is 286 g/mol. The van der Waals surface area contributed by atoms with Crippen LogP contribution in [0.3, 0.4) is 0 Å². The van der Waals surface area contributed by atoms with Crippen molar-refractivity contribution in [2.24, 2.45) is 0 Å². The van der Waals surface area contributed by atoms with Crippen LogP contribution in [0, 0.1) is 6.92 Å². The number of oxazole rings is 1. The van der Waals surface area contributed by atoms with Crippen molar-refractivity contribution in [1.29, 1.82) is 0 Å². The van der Waals surface area contributed by atoms with Gasteiger partial charge < -0.3 is 9.73 Å². The highest BCUT2D eigenvalue weighted by Gasteiger charge is 2.10. The molecule has 0 spiro atoms. The molecule has 0 aromatic carbocycles. The fourth-order valence-electron chi connectivity index (χ4n) is 1.15. The van der Waals surface area contributed by atoms with E-state index in [2.05, 4.69) is 32.2 Å². The van der Waals surface area contributed by atoms with Crippen LogP contribution >= 0.6 is 23.4 Å². The largest absolute Gasteiger partial charge is 0.439 e. The van der Waals surface area contributed by atoms with Crippen LogP contribution in [0.2, 0.25) is 5.28 Å². The Morgan fingerprint density at radius 3 is 2.83 bits per heavy atom. The summed E-state index contributed by atoms with van der Waals surface area (Å²) >= 11 is 7.04. The average Bonchev–Trinajstić information content (AvgIpc) is 2.71. The molecule has 18 heavy (non-hydrogen) atoms. The third kappa shape index (κ3) is 3.58. The summed E-state index contributed by atoms with van der Waals surface area (Å²) in [6, 6.07) is 0. The predicted molar refractivity (Wildman–Crippen MR) is 69.0 cm³/mol. The first-order valence-corrected chi connectivity index (χ1v) is 6.62. The molecule has 0 amide bonds. The maximum Gasteiger partial charge on any atom is 0.263 e. The molecule has 6 nitrogen and oxygen atoms in total. The molecule has 0 bridgehead atoms. The van der Waals surface area contributed by atoms with Gasteiger partial charge in [0.1, 0.15) is 6.26 Å². The number of halogens is 1. The van der Waals surface area contributed by atoms with Gasteiger partial charge in [-0.25, -0.2) is 4.98 Å². The van der Waals surface area contributed by atoms with Gasteiger partial charge in [-0.05, 0) is 24.9 Å². The Labute approximate surface area is 114 Å². The highest BCUT2D eigenvalue weighted by Crippen LogP contribution is 2.25. The number of anilines is 1. The summed E-state index contributed by atoms with van der Waals surface area (Å²) in [7, 11) is 0. The molecule has 0 aliphatic heterocycles. The summed E-state index contributed by atoms with van der Waals surface area (Å²) in [6.07, 6.45) is 2.55. The molecule has 0 aliphatic carbocycles. The van der Waals surface area contributed by atoms with Crippen LogP contribution in [0.15, 0.2) is 21.1 Å². The number of aromatic nitrogens is 4. The predicted octanol–water partition coefficient (Wildman–Crippen LogP) is 2.79. The van der Waals surface area contributed by atoms with Crippen molar-refractivity contribution in [3.63, 3.8) is 0 Å². The monoisotopic (exact) mass is 285 g/mol. The van der Waals surface area contributed by atoms with Gasteiger partial charge in [0, 0.05) is 18.3 Å². The molecule has 2 aromatic rings. The van der Waals surface area contributed by atoms with Gasteiger partial charge in [0.25, 0.3) is 5.22 Å². The topological polar surface area (TPSA) is 76.7 Å². The van der Waals surface area contributed by atoms with Crippen LogP contribution in [-0.4, -0.2) is 26.5 Å².